The van der Waals surface area contributed by atoms with Crippen LogP contribution in [0.3, 0.4) is 0 Å². The van der Waals surface area contributed by atoms with Gasteiger partial charge in [-0.15, -0.1) is 0 Å². The van der Waals surface area contributed by atoms with E-state index in [0.717, 1.165) is 28.4 Å². The van der Waals surface area contributed by atoms with Crippen molar-refractivity contribution in [2.75, 3.05) is 26.3 Å². The topological polar surface area (TPSA) is 127 Å². The van der Waals surface area contributed by atoms with Crippen molar-refractivity contribution in [2.24, 2.45) is 0 Å². The molecular weight excluding hydrogens is 443 g/mol. The number of nitrogens with one attached hydrogen (secondary N) is 3. The van der Waals surface area contributed by atoms with Gasteiger partial charge in [-0.05, 0) is 12.1 Å². The molecule has 1 aliphatic heterocycles. The number of amides is 1. The van der Waals surface area contributed by atoms with Gasteiger partial charge in [0.1, 0.15) is 31.1 Å². The van der Waals surface area contributed by atoms with Crippen LogP contribution in [0.5, 0.6) is 11.5 Å². The highest BCUT2D eigenvalue weighted by Gasteiger charge is 2.15. The zero-order valence-electron chi connectivity index (χ0n) is 18.3. The normalized spacial score (nSPS) is 12.7. The first-order valence-electron chi connectivity index (χ1n) is 11.0. The number of hydrogen-bond donors (Lipinski definition) is 3. The highest BCUT2D eigenvalue weighted by molar-refractivity contribution is 5.91. The standard InChI is InChI=1S/C23H23FN6O4/c24-14-2-1-5-26-17(14)12-27-23(31)18-13-34-22(30-18)4-7-25-6-3-21-28-15-10-19-20(11-16(15)29-21)33-9-8-32-19/h1-2,5,10-11,13,25H,3-4,6-9,12H2,(H,27,31)(H,28,29). The molecule has 0 atom stereocenters. The van der Waals surface area contributed by atoms with Crippen LogP contribution in [-0.4, -0.2) is 52.1 Å². The van der Waals surface area contributed by atoms with Crippen molar-refractivity contribution in [2.45, 2.75) is 19.4 Å². The van der Waals surface area contributed by atoms with E-state index in [1.165, 1.54) is 24.6 Å². The van der Waals surface area contributed by atoms with Gasteiger partial charge in [0.2, 0.25) is 0 Å². The maximum Gasteiger partial charge on any atom is 0.273 e. The molecule has 4 heterocycles. The minimum atomic E-state index is -0.473. The van der Waals surface area contributed by atoms with Crippen LogP contribution < -0.4 is 20.1 Å². The number of aromatic amines is 1. The number of H-pyrrole nitrogens is 1. The molecule has 5 rings (SSSR count). The van der Waals surface area contributed by atoms with Crippen molar-refractivity contribution in [1.29, 1.82) is 0 Å². The summed E-state index contributed by atoms with van der Waals surface area (Å²) in [4.78, 5) is 28.2. The van der Waals surface area contributed by atoms with Crippen LogP contribution in [0.4, 0.5) is 4.39 Å². The van der Waals surface area contributed by atoms with E-state index in [0.29, 0.717) is 45.0 Å². The zero-order chi connectivity index (χ0) is 23.3. The van der Waals surface area contributed by atoms with Crippen molar-refractivity contribution in [1.82, 2.24) is 30.6 Å². The second-order valence-corrected chi connectivity index (χ2v) is 7.69. The fourth-order valence-corrected chi connectivity index (χ4v) is 3.58. The van der Waals surface area contributed by atoms with Crippen molar-refractivity contribution in [3.8, 4) is 11.5 Å². The predicted molar refractivity (Wildman–Crippen MR) is 119 cm³/mol. The Bertz CT molecular complexity index is 1260. The maximum atomic E-state index is 13.6. The number of pyridine rings is 1. The van der Waals surface area contributed by atoms with Gasteiger partial charge in [0.25, 0.3) is 5.91 Å². The number of ether oxygens (including phenoxy) is 2. The third-order valence-corrected chi connectivity index (χ3v) is 5.28. The van der Waals surface area contributed by atoms with Crippen LogP contribution in [0.25, 0.3) is 11.0 Å². The molecule has 0 spiro atoms. The Balaban J connectivity index is 1.06. The first-order chi connectivity index (χ1) is 16.7. The summed E-state index contributed by atoms with van der Waals surface area (Å²) in [6.45, 7) is 2.39. The average molecular weight is 466 g/mol. The van der Waals surface area contributed by atoms with Crippen molar-refractivity contribution in [3.63, 3.8) is 0 Å². The van der Waals surface area contributed by atoms with Crippen LogP contribution in [-0.2, 0) is 19.4 Å². The summed E-state index contributed by atoms with van der Waals surface area (Å²) in [5, 5.41) is 5.90. The van der Waals surface area contributed by atoms with Crippen LogP contribution >= 0.6 is 0 Å². The van der Waals surface area contributed by atoms with Crippen LogP contribution in [0.2, 0.25) is 0 Å². The Morgan fingerprint density at radius 2 is 1.94 bits per heavy atom. The third kappa shape index (κ3) is 4.99. The number of aromatic nitrogens is 4. The average Bonchev–Trinajstić information content (AvgIpc) is 3.48. The molecule has 0 aliphatic carbocycles. The molecule has 1 aliphatic rings. The molecule has 0 fully saturated rings. The van der Waals surface area contributed by atoms with Crippen LogP contribution in [0, 0.1) is 5.82 Å². The van der Waals surface area contributed by atoms with Gasteiger partial charge in [-0.25, -0.2) is 14.4 Å². The molecule has 34 heavy (non-hydrogen) atoms. The Kier molecular flexibility index (Phi) is 6.34. The van der Waals surface area contributed by atoms with Crippen LogP contribution in [0.15, 0.2) is 41.1 Å². The van der Waals surface area contributed by atoms with Crippen LogP contribution in [0.1, 0.15) is 27.9 Å². The zero-order valence-corrected chi connectivity index (χ0v) is 18.3. The summed E-state index contributed by atoms with van der Waals surface area (Å²) < 4.78 is 30.2. The number of imidazole rings is 1. The molecule has 3 aromatic heterocycles. The molecule has 1 amide bonds. The predicted octanol–water partition coefficient (Wildman–Crippen LogP) is 2.16. The van der Waals surface area contributed by atoms with E-state index in [-0.39, 0.29) is 17.9 Å². The summed E-state index contributed by atoms with van der Waals surface area (Å²) >= 11 is 0. The molecule has 0 unspecified atom stereocenters. The van der Waals surface area contributed by atoms with Crippen molar-refractivity contribution < 1.29 is 23.1 Å². The van der Waals surface area contributed by atoms with Gasteiger partial charge in [-0.2, -0.15) is 0 Å². The number of carbonyl (C=O) groups excluding carboxylic acids is 1. The van der Waals surface area contributed by atoms with Gasteiger partial charge in [0, 0.05) is 44.3 Å². The van der Waals surface area contributed by atoms with Gasteiger partial charge in [-0.3, -0.25) is 9.78 Å². The smallest absolute Gasteiger partial charge is 0.273 e. The van der Waals surface area contributed by atoms with E-state index in [1.54, 1.807) is 0 Å². The minimum absolute atomic E-state index is 0.0281. The first kappa shape index (κ1) is 21.8. The molecular formula is C23H23FN6O4. The highest BCUT2D eigenvalue weighted by Crippen LogP contribution is 2.33. The summed E-state index contributed by atoms with van der Waals surface area (Å²) in [7, 11) is 0. The SMILES string of the molecule is O=C(NCc1ncccc1F)c1coc(CCNCCc2nc3cc4c(cc3[nH]2)OCCO4)n1. The Morgan fingerprint density at radius 3 is 2.79 bits per heavy atom. The fourth-order valence-electron chi connectivity index (χ4n) is 3.58. The first-order valence-corrected chi connectivity index (χ1v) is 11.0. The molecule has 1 aromatic carbocycles. The largest absolute Gasteiger partial charge is 0.486 e. The highest BCUT2D eigenvalue weighted by atomic mass is 19.1. The number of carbonyl (C=O) groups is 1. The summed E-state index contributed by atoms with van der Waals surface area (Å²) in [5.41, 5.74) is 2.06. The second kappa shape index (κ2) is 9.87. The molecule has 0 saturated heterocycles. The number of benzene rings is 1. The number of oxazole rings is 1. The monoisotopic (exact) mass is 466 g/mol. The lowest BCUT2D eigenvalue weighted by atomic mass is 10.2. The molecule has 11 heteroatoms. The molecule has 0 radical (unpaired) electrons. The molecule has 10 nitrogen and oxygen atoms in total. The van der Waals surface area contributed by atoms with Crippen molar-refractivity contribution >= 4 is 16.9 Å². The maximum absolute atomic E-state index is 13.6. The third-order valence-electron chi connectivity index (χ3n) is 5.28. The Labute approximate surface area is 193 Å². The lowest BCUT2D eigenvalue weighted by Crippen LogP contribution is -2.24. The van der Waals surface area contributed by atoms with Crippen molar-refractivity contribution in [3.05, 3.63) is 65.6 Å². The quantitative estimate of drug-likeness (QED) is 0.320. The van der Waals surface area contributed by atoms with E-state index < -0.39 is 11.7 Å². The number of hydrogen-bond acceptors (Lipinski definition) is 8. The fraction of sp³-hybridized carbons (Fsp3) is 0.304. The second-order valence-electron chi connectivity index (χ2n) is 7.69. The summed E-state index contributed by atoms with van der Waals surface area (Å²) in [6.07, 6.45) is 3.99. The minimum Gasteiger partial charge on any atom is -0.486 e. The van der Waals surface area contributed by atoms with Gasteiger partial charge in [0.05, 0.1) is 23.3 Å². The summed E-state index contributed by atoms with van der Waals surface area (Å²) in [5.74, 6) is 1.84. The Hall–Kier alpha value is -3.99. The molecule has 3 N–H and O–H groups in total. The van der Waals surface area contributed by atoms with E-state index >= 15 is 0 Å². The molecule has 0 saturated carbocycles. The van der Waals surface area contributed by atoms with E-state index in [1.807, 2.05) is 12.1 Å². The summed E-state index contributed by atoms with van der Waals surface area (Å²) in [6, 6.07) is 6.59. The number of fused-ring (bicyclic) bond motifs is 2. The molecule has 0 bridgehead atoms. The molecule has 4 aromatic rings. The number of rotatable bonds is 9. The number of nitrogens with zero attached hydrogens (tertiary/aromatic N) is 3. The van der Waals surface area contributed by atoms with E-state index in [4.69, 9.17) is 13.9 Å². The lowest BCUT2D eigenvalue weighted by molar-refractivity contribution is 0.0945. The number of halogens is 1. The lowest BCUT2D eigenvalue weighted by Gasteiger charge is -2.17. The van der Waals surface area contributed by atoms with Gasteiger partial charge in [-0.1, -0.05) is 0 Å². The Morgan fingerprint density at radius 1 is 1.12 bits per heavy atom. The van der Waals surface area contributed by atoms with E-state index in [2.05, 4.69) is 30.6 Å². The molecule has 176 valence electrons. The van der Waals surface area contributed by atoms with E-state index in [9.17, 15) is 9.18 Å². The van der Waals surface area contributed by atoms with Gasteiger partial charge in [0.15, 0.2) is 23.1 Å². The van der Waals surface area contributed by atoms with Gasteiger partial charge < -0.3 is 29.5 Å². The van der Waals surface area contributed by atoms with Gasteiger partial charge >= 0.3 is 0 Å².